The molecule has 0 amide bonds. The maximum atomic E-state index is 12.8. The van der Waals surface area contributed by atoms with Gasteiger partial charge in [-0.2, -0.15) is 13.2 Å². The van der Waals surface area contributed by atoms with Gasteiger partial charge in [0.05, 0.1) is 17.8 Å². The molecule has 5 nitrogen and oxygen atoms in total. The molecule has 2 aromatic heterocycles. The number of alkyl halides is 3. The van der Waals surface area contributed by atoms with Crippen LogP contribution in [0.15, 0.2) is 47.0 Å². The van der Waals surface area contributed by atoms with Crippen molar-refractivity contribution in [2.75, 3.05) is 24.5 Å². The molecule has 5 rings (SSSR count). The lowest BCUT2D eigenvalue weighted by atomic mass is 9.99. The third-order valence-corrected chi connectivity index (χ3v) is 6.61. The second-order valence-corrected chi connectivity index (χ2v) is 9.11. The number of rotatable bonds is 4. The van der Waals surface area contributed by atoms with Crippen LogP contribution in [0.1, 0.15) is 42.3 Å². The number of hydrogen-bond acceptors (Lipinski definition) is 5. The first-order valence-electron chi connectivity index (χ1n) is 11.4. The van der Waals surface area contributed by atoms with Gasteiger partial charge in [-0.05, 0) is 37.0 Å². The minimum absolute atomic E-state index is 0.461. The van der Waals surface area contributed by atoms with E-state index in [1.54, 1.807) is 6.20 Å². The van der Waals surface area contributed by atoms with E-state index in [0.29, 0.717) is 11.4 Å². The van der Waals surface area contributed by atoms with Gasteiger partial charge < -0.3 is 9.32 Å². The van der Waals surface area contributed by atoms with Crippen LogP contribution in [0, 0.1) is 5.92 Å². The summed E-state index contributed by atoms with van der Waals surface area (Å²) in [7, 11) is 0. The van der Waals surface area contributed by atoms with Gasteiger partial charge in [0.15, 0.2) is 11.7 Å². The highest BCUT2D eigenvalue weighted by Gasteiger charge is 2.30. The highest BCUT2D eigenvalue weighted by molar-refractivity contribution is 5.56. The molecule has 174 valence electrons. The quantitative estimate of drug-likeness (QED) is 0.515. The van der Waals surface area contributed by atoms with Gasteiger partial charge in [-0.1, -0.05) is 19.1 Å². The number of hydrogen-bond donors (Lipinski definition) is 0. The molecule has 3 aromatic rings. The lowest BCUT2D eigenvalue weighted by molar-refractivity contribution is -0.137. The molecule has 0 radical (unpaired) electrons. The van der Waals surface area contributed by atoms with E-state index in [1.807, 2.05) is 0 Å². The van der Waals surface area contributed by atoms with E-state index >= 15 is 0 Å². The monoisotopic (exact) mass is 456 g/mol. The van der Waals surface area contributed by atoms with Gasteiger partial charge in [-0.3, -0.25) is 4.90 Å². The van der Waals surface area contributed by atoms with E-state index < -0.39 is 11.7 Å². The fourth-order valence-corrected chi connectivity index (χ4v) is 4.53. The van der Waals surface area contributed by atoms with Gasteiger partial charge in [0, 0.05) is 56.0 Å². The Labute approximate surface area is 191 Å². The molecule has 2 aliphatic rings. The van der Waals surface area contributed by atoms with Crippen LogP contribution in [0.4, 0.5) is 19.1 Å². The lowest BCUT2D eigenvalue weighted by Crippen LogP contribution is -2.32. The maximum Gasteiger partial charge on any atom is 0.416 e. The number of nitrogens with zero attached hydrogens (tertiary/aromatic N) is 4. The maximum absolute atomic E-state index is 12.8. The Bertz CT molecular complexity index is 1100. The van der Waals surface area contributed by atoms with Gasteiger partial charge in [0.25, 0.3) is 0 Å². The Balaban J connectivity index is 1.23. The Kier molecular flexibility index (Phi) is 5.86. The summed E-state index contributed by atoms with van der Waals surface area (Å²) in [5.41, 5.74) is 1.92. The Morgan fingerprint density at radius 1 is 1.03 bits per heavy atom. The van der Waals surface area contributed by atoms with Gasteiger partial charge in [0.2, 0.25) is 0 Å². The summed E-state index contributed by atoms with van der Waals surface area (Å²) in [6.07, 6.45) is 0.619. The largest absolute Gasteiger partial charge is 0.444 e. The van der Waals surface area contributed by atoms with E-state index in [9.17, 15) is 13.2 Å². The van der Waals surface area contributed by atoms with Gasteiger partial charge >= 0.3 is 6.18 Å². The Morgan fingerprint density at radius 3 is 2.52 bits per heavy atom. The van der Waals surface area contributed by atoms with Crippen molar-refractivity contribution in [3.05, 3.63) is 65.2 Å². The number of anilines is 1. The average molecular weight is 457 g/mol. The summed E-state index contributed by atoms with van der Waals surface area (Å²) in [5.74, 6) is 3.15. The van der Waals surface area contributed by atoms with Gasteiger partial charge in [-0.25, -0.2) is 9.97 Å². The topological polar surface area (TPSA) is 45.4 Å². The molecular weight excluding hydrogens is 429 g/mol. The molecule has 0 N–H and O–H groups in total. The van der Waals surface area contributed by atoms with Crippen LogP contribution in [-0.4, -0.2) is 34.5 Å². The molecule has 1 fully saturated rings. The highest BCUT2D eigenvalue weighted by atomic mass is 19.4. The van der Waals surface area contributed by atoms with Crippen molar-refractivity contribution in [1.29, 1.82) is 0 Å². The zero-order valence-corrected chi connectivity index (χ0v) is 18.6. The molecular formula is C25H27F3N4O. The van der Waals surface area contributed by atoms with Crippen molar-refractivity contribution in [3.8, 4) is 11.4 Å². The molecule has 0 atom stereocenters. The summed E-state index contributed by atoms with van der Waals surface area (Å²) < 4.78 is 44.5. The molecule has 0 aliphatic carbocycles. The predicted octanol–water partition coefficient (Wildman–Crippen LogP) is 5.55. The lowest BCUT2D eigenvalue weighted by Gasteiger charge is -2.30. The SMILES string of the molecule is CC1CCN(c2ccc(CN3CCc4nc(-c5ccc(C(F)(F)F)cc5)ncc4C3)o2)CC1. The molecule has 1 saturated heterocycles. The normalized spacial score (nSPS) is 17.9. The second-order valence-electron chi connectivity index (χ2n) is 9.11. The first-order chi connectivity index (χ1) is 15.8. The van der Waals surface area contributed by atoms with Crippen molar-refractivity contribution >= 4 is 5.88 Å². The fourth-order valence-electron chi connectivity index (χ4n) is 4.53. The van der Waals surface area contributed by atoms with Crippen LogP contribution in [-0.2, 0) is 25.7 Å². The van der Waals surface area contributed by atoms with Crippen molar-refractivity contribution in [2.24, 2.45) is 5.92 Å². The van der Waals surface area contributed by atoms with E-state index in [2.05, 4.69) is 38.8 Å². The van der Waals surface area contributed by atoms with Crippen molar-refractivity contribution in [1.82, 2.24) is 14.9 Å². The summed E-state index contributed by atoms with van der Waals surface area (Å²) in [6.45, 7) is 6.68. The third-order valence-electron chi connectivity index (χ3n) is 6.61. The molecule has 8 heteroatoms. The standard InChI is InChI=1S/C25H27F3N4O/c1-17-8-12-32(13-9-17)23-7-6-21(33-23)16-31-11-10-22-19(15-31)14-29-24(30-22)18-2-4-20(5-3-18)25(26,27)28/h2-7,14,17H,8-13,15-16H2,1H3. The first kappa shape index (κ1) is 21.9. The predicted molar refractivity (Wildman–Crippen MR) is 120 cm³/mol. The zero-order valence-electron chi connectivity index (χ0n) is 18.6. The molecule has 0 unspecified atom stereocenters. The smallest absolute Gasteiger partial charge is 0.416 e. The van der Waals surface area contributed by atoms with Gasteiger partial charge in [0.1, 0.15) is 5.76 Å². The highest BCUT2D eigenvalue weighted by Crippen LogP contribution is 2.31. The summed E-state index contributed by atoms with van der Waals surface area (Å²) in [5, 5.41) is 0. The molecule has 2 aliphatic heterocycles. The van der Waals surface area contributed by atoms with Crippen molar-refractivity contribution < 1.29 is 17.6 Å². The number of aromatic nitrogens is 2. The summed E-state index contributed by atoms with van der Waals surface area (Å²) >= 11 is 0. The zero-order chi connectivity index (χ0) is 23.0. The van der Waals surface area contributed by atoms with Crippen LogP contribution >= 0.6 is 0 Å². The van der Waals surface area contributed by atoms with Crippen LogP contribution < -0.4 is 4.90 Å². The van der Waals surface area contributed by atoms with Crippen LogP contribution in [0.25, 0.3) is 11.4 Å². The minimum atomic E-state index is -4.35. The fraction of sp³-hybridized carbons (Fsp3) is 0.440. The first-order valence-corrected chi connectivity index (χ1v) is 11.4. The van der Waals surface area contributed by atoms with E-state index in [4.69, 9.17) is 4.42 Å². The van der Waals surface area contributed by atoms with Crippen LogP contribution in [0.2, 0.25) is 0 Å². The molecule has 4 heterocycles. The number of benzene rings is 1. The number of fused-ring (bicyclic) bond motifs is 1. The average Bonchev–Trinajstić information content (AvgIpc) is 3.27. The van der Waals surface area contributed by atoms with Crippen LogP contribution in [0.3, 0.4) is 0 Å². The molecule has 1 aromatic carbocycles. The van der Waals surface area contributed by atoms with Crippen LogP contribution in [0.5, 0.6) is 0 Å². The Morgan fingerprint density at radius 2 is 1.79 bits per heavy atom. The third kappa shape index (κ3) is 4.90. The number of halogens is 3. The second kappa shape index (κ2) is 8.82. The Hall–Kier alpha value is -2.87. The molecule has 33 heavy (non-hydrogen) atoms. The molecule has 0 bridgehead atoms. The molecule has 0 saturated carbocycles. The minimum Gasteiger partial charge on any atom is -0.444 e. The van der Waals surface area contributed by atoms with E-state index in [1.165, 1.54) is 25.0 Å². The summed E-state index contributed by atoms with van der Waals surface area (Å²) in [4.78, 5) is 13.7. The van der Waals surface area contributed by atoms with E-state index in [0.717, 1.165) is 80.1 Å². The number of piperidine rings is 1. The molecule has 0 spiro atoms. The van der Waals surface area contributed by atoms with E-state index in [-0.39, 0.29) is 0 Å². The van der Waals surface area contributed by atoms with Gasteiger partial charge in [-0.15, -0.1) is 0 Å². The number of furan rings is 1. The summed E-state index contributed by atoms with van der Waals surface area (Å²) in [6, 6.07) is 9.13. The van der Waals surface area contributed by atoms with Crippen molar-refractivity contribution in [3.63, 3.8) is 0 Å². The van der Waals surface area contributed by atoms with Crippen molar-refractivity contribution in [2.45, 2.75) is 45.5 Å².